The van der Waals surface area contributed by atoms with Crippen LogP contribution in [0.2, 0.25) is 0 Å². The fourth-order valence-electron chi connectivity index (χ4n) is 3.04. The molecule has 1 heterocycles. The molecule has 1 aliphatic heterocycles. The molecule has 0 amide bonds. The largest absolute Gasteiger partial charge is 0.496 e. The van der Waals surface area contributed by atoms with Crippen LogP contribution in [-0.2, 0) is 6.54 Å². The van der Waals surface area contributed by atoms with Gasteiger partial charge in [-0.15, -0.1) is 0 Å². The molecule has 1 atom stereocenters. The molecule has 110 valence electrons. The summed E-state index contributed by atoms with van der Waals surface area (Å²) in [6.07, 6.45) is 1.25. The maximum Gasteiger partial charge on any atom is 0.133 e. The van der Waals surface area contributed by atoms with Gasteiger partial charge in [0.2, 0.25) is 0 Å². The van der Waals surface area contributed by atoms with Crippen molar-refractivity contribution in [1.82, 2.24) is 4.90 Å². The monoisotopic (exact) mass is 345 g/mol. The number of halogens is 1. The van der Waals surface area contributed by atoms with E-state index in [4.69, 9.17) is 4.74 Å². The molecule has 0 radical (unpaired) electrons. The SMILES string of the molecule is COc1ccc(CN2CCC(c3ccccc3)C2)cc1Br. The minimum absolute atomic E-state index is 0.674. The molecule has 0 saturated carbocycles. The number of nitrogens with zero attached hydrogens (tertiary/aromatic N) is 1. The normalized spacial score (nSPS) is 18.9. The van der Waals surface area contributed by atoms with Crippen molar-refractivity contribution in [2.45, 2.75) is 18.9 Å². The van der Waals surface area contributed by atoms with Gasteiger partial charge < -0.3 is 4.74 Å². The molecular weight excluding hydrogens is 326 g/mol. The second-order valence-corrected chi connectivity index (χ2v) is 6.45. The number of likely N-dealkylation sites (tertiary alicyclic amines) is 1. The van der Waals surface area contributed by atoms with E-state index in [-0.39, 0.29) is 0 Å². The minimum atomic E-state index is 0.674. The number of ether oxygens (including phenoxy) is 1. The van der Waals surface area contributed by atoms with Crippen LogP contribution >= 0.6 is 15.9 Å². The van der Waals surface area contributed by atoms with Gasteiger partial charge in [-0.1, -0.05) is 36.4 Å². The van der Waals surface area contributed by atoms with E-state index in [1.165, 1.54) is 24.1 Å². The summed E-state index contributed by atoms with van der Waals surface area (Å²) in [5.41, 5.74) is 2.80. The van der Waals surface area contributed by atoms with Crippen LogP contribution in [0.4, 0.5) is 0 Å². The predicted octanol–water partition coefficient (Wildman–Crippen LogP) is 4.45. The van der Waals surface area contributed by atoms with Crippen LogP contribution in [0.5, 0.6) is 5.75 Å². The molecule has 2 aromatic carbocycles. The number of hydrogen-bond donors (Lipinski definition) is 0. The Hall–Kier alpha value is -1.32. The molecule has 1 fully saturated rings. The Labute approximate surface area is 134 Å². The van der Waals surface area contributed by atoms with Crippen LogP contribution in [0.25, 0.3) is 0 Å². The van der Waals surface area contributed by atoms with Crippen molar-refractivity contribution in [1.29, 1.82) is 0 Å². The highest BCUT2D eigenvalue weighted by Crippen LogP contribution is 2.30. The molecule has 2 nitrogen and oxygen atoms in total. The molecule has 0 bridgehead atoms. The van der Waals surface area contributed by atoms with Crippen molar-refractivity contribution in [3.8, 4) is 5.75 Å². The highest BCUT2D eigenvalue weighted by atomic mass is 79.9. The van der Waals surface area contributed by atoms with Crippen molar-refractivity contribution < 1.29 is 4.74 Å². The van der Waals surface area contributed by atoms with Gasteiger partial charge in [0.25, 0.3) is 0 Å². The lowest BCUT2D eigenvalue weighted by molar-refractivity contribution is 0.326. The number of hydrogen-bond acceptors (Lipinski definition) is 2. The zero-order valence-corrected chi connectivity index (χ0v) is 13.8. The van der Waals surface area contributed by atoms with Gasteiger partial charge in [0.05, 0.1) is 11.6 Å². The minimum Gasteiger partial charge on any atom is -0.496 e. The van der Waals surface area contributed by atoms with Crippen LogP contribution in [-0.4, -0.2) is 25.1 Å². The van der Waals surface area contributed by atoms with Gasteiger partial charge in [-0.2, -0.15) is 0 Å². The zero-order valence-electron chi connectivity index (χ0n) is 12.3. The lowest BCUT2D eigenvalue weighted by Gasteiger charge is -2.17. The van der Waals surface area contributed by atoms with Gasteiger partial charge in [0, 0.05) is 13.1 Å². The van der Waals surface area contributed by atoms with Crippen molar-refractivity contribution in [3.05, 3.63) is 64.1 Å². The molecule has 1 unspecified atom stereocenters. The summed E-state index contributed by atoms with van der Waals surface area (Å²) < 4.78 is 6.31. The lowest BCUT2D eigenvalue weighted by atomic mass is 9.99. The van der Waals surface area contributed by atoms with E-state index in [1.54, 1.807) is 7.11 Å². The van der Waals surface area contributed by atoms with Gasteiger partial charge in [-0.25, -0.2) is 0 Å². The predicted molar refractivity (Wildman–Crippen MR) is 89.8 cm³/mol. The summed E-state index contributed by atoms with van der Waals surface area (Å²) in [5.74, 6) is 1.57. The fourth-order valence-corrected chi connectivity index (χ4v) is 3.63. The van der Waals surface area contributed by atoms with E-state index in [9.17, 15) is 0 Å². The third-order valence-electron chi connectivity index (χ3n) is 4.17. The smallest absolute Gasteiger partial charge is 0.133 e. The number of benzene rings is 2. The standard InChI is InChI=1S/C18H20BrNO/c1-21-18-8-7-14(11-17(18)19)12-20-10-9-16(13-20)15-5-3-2-4-6-15/h2-8,11,16H,9-10,12-13H2,1H3. The summed E-state index contributed by atoms with van der Waals surface area (Å²) in [7, 11) is 1.70. The molecular formula is C18H20BrNO. The van der Waals surface area contributed by atoms with Crippen molar-refractivity contribution >= 4 is 15.9 Å². The first-order chi connectivity index (χ1) is 10.3. The van der Waals surface area contributed by atoms with E-state index in [0.717, 1.165) is 23.3 Å². The average molecular weight is 346 g/mol. The van der Waals surface area contributed by atoms with E-state index in [2.05, 4.69) is 63.3 Å². The van der Waals surface area contributed by atoms with Crippen LogP contribution < -0.4 is 4.74 Å². The Morgan fingerprint density at radius 2 is 2.00 bits per heavy atom. The Morgan fingerprint density at radius 3 is 2.71 bits per heavy atom. The third kappa shape index (κ3) is 3.47. The van der Waals surface area contributed by atoms with E-state index >= 15 is 0 Å². The molecule has 3 heteroatoms. The summed E-state index contributed by atoms with van der Waals surface area (Å²) in [4.78, 5) is 2.53. The maximum absolute atomic E-state index is 5.28. The zero-order chi connectivity index (χ0) is 14.7. The van der Waals surface area contributed by atoms with E-state index < -0.39 is 0 Å². The molecule has 1 saturated heterocycles. The lowest BCUT2D eigenvalue weighted by Crippen LogP contribution is -2.19. The summed E-state index contributed by atoms with van der Waals surface area (Å²) in [6, 6.07) is 17.2. The van der Waals surface area contributed by atoms with Crippen LogP contribution in [0.15, 0.2) is 53.0 Å². The van der Waals surface area contributed by atoms with Crippen molar-refractivity contribution in [3.63, 3.8) is 0 Å². The first-order valence-corrected chi connectivity index (χ1v) is 8.15. The molecule has 0 aliphatic carbocycles. The maximum atomic E-state index is 5.28. The number of methoxy groups -OCH3 is 1. The van der Waals surface area contributed by atoms with Gasteiger partial charge in [0.1, 0.15) is 5.75 Å². The van der Waals surface area contributed by atoms with Crippen LogP contribution in [0, 0.1) is 0 Å². The third-order valence-corrected chi connectivity index (χ3v) is 4.79. The van der Waals surface area contributed by atoms with Gasteiger partial charge in [0.15, 0.2) is 0 Å². The van der Waals surface area contributed by atoms with Crippen molar-refractivity contribution in [2.24, 2.45) is 0 Å². The topological polar surface area (TPSA) is 12.5 Å². The highest BCUT2D eigenvalue weighted by Gasteiger charge is 2.23. The molecule has 0 spiro atoms. The van der Waals surface area contributed by atoms with Crippen LogP contribution in [0.1, 0.15) is 23.5 Å². The van der Waals surface area contributed by atoms with Gasteiger partial charge in [-0.3, -0.25) is 4.90 Å². The molecule has 3 rings (SSSR count). The second-order valence-electron chi connectivity index (χ2n) is 5.60. The van der Waals surface area contributed by atoms with Gasteiger partial charge in [-0.05, 0) is 58.1 Å². The Balaban J connectivity index is 1.63. The Kier molecular flexibility index (Phi) is 4.61. The second kappa shape index (κ2) is 6.63. The molecule has 2 aromatic rings. The molecule has 21 heavy (non-hydrogen) atoms. The first-order valence-electron chi connectivity index (χ1n) is 7.36. The summed E-state index contributed by atoms with van der Waals surface area (Å²) in [6.45, 7) is 3.32. The van der Waals surface area contributed by atoms with Crippen LogP contribution in [0.3, 0.4) is 0 Å². The fraction of sp³-hybridized carbons (Fsp3) is 0.333. The Morgan fingerprint density at radius 1 is 1.19 bits per heavy atom. The Bertz CT molecular complexity index is 599. The summed E-state index contributed by atoms with van der Waals surface area (Å²) >= 11 is 3.56. The number of rotatable bonds is 4. The van der Waals surface area contributed by atoms with E-state index in [1.807, 2.05) is 6.07 Å². The first kappa shape index (κ1) is 14.6. The van der Waals surface area contributed by atoms with Crippen molar-refractivity contribution in [2.75, 3.05) is 20.2 Å². The van der Waals surface area contributed by atoms with Gasteiger partial charge >= 0.3 is 0 Å². The molecule has 1 aliphatic rings. The summed E-state index contributed by atoms with van der Waals surface area (Å²) in [5, 5.41) is 0. The molecule has 0 aromatic heterocycles. The quantitative estimate of drug-likeness (QED) is 0.811. The highest BCUT2D eigenvalue weighted by molar-refractivity contribution is 9.10. The van der Waals surface area contributed by atoms with E-state index in [0.29, 0.717) is 5.92 Å². The average Bonchev–Trinajstić information content (AvgIpc) is 2.97. The molecule has 0 N–H and O–H groups in total.